The van der Waals surface area contributed by atoms with Crippen molar-refractivity contribution in [2.45, 2.75) is 33.3 Å². The Kier molecular flexibility index (Phi) is 5.36. The molecule has 2 aromatic rings. The van der Waals surface area contributed by atoms with E-state index in [0.717, 1.165) is 18.2 Å². The Balaban J connectivity index is 2.16. The lowest BCUT2D eigenvalue weighted by Crippen LogP contribution is -2.30. The number of benzene rings is 1. The Hall–Kier alpha value is -1.85. The molecular formula is C16H22N2O3. The number of nitrogens with two attached hydrogens (primary N) is 1. The third-order valence-corrected chi connectivity index (χ3v) is 3.44. The quantitative estimate of drug-likeness (QED) is 0.467. The number of furan rings is 1. The largest absolute Gasteiger partial charge is 0.458 e. The number of nitrogen functional groups attached to an aromatic ring is 1. The van der Waals surface area contributed by atoms with Crippen LogP contribution in [-0.4, -0.2) is 12.5 Å². The summed E-state index contributed by atoms with van der Waals surface area (Å²) in [5, 5.41) is 0.751. The van der Waals surface area contributed by atoms with Crippen LogP contribution >= 0.6 is 0 Å². The molecule has 1 aromatic heterocycles. The van der Waals surface area contributed by atoms with Crippen LogP contribution in [0.5, 0.6) is 0 Å². The van der Waals surface area contributed by atoms with E-state index in [1.54, 1.807) is 0 Å². The number of fused-ring (bicyclic) bond motifs is 1. The molecule has 0 aliphatic rings. The molecule has 0 bridgehead atoms. The minimum Gasteiger partial charge on any atom is -0.458 e. The maximum atomic E-state index is 12.0. The standard InChI is InChI=1S/C16H22N2O3/c1-3-6-11(2)9-20-10-14-15(16(19)18-17)12-7-4-5-8-13(12)21-14/h4-5,7-8,11H,3,6,9-10,17H2,1-2H3,(H,18,19). The van der Waals surface area contributed by atoms with E-state index in [0.29, 0.717) is 29.4 Å². The highest BCUT2D eigenvalue weighted by molar-refractivity contribution is 6.06. The first-order chi connectivity index (χ1) is 10.2. The number of hydrogen-bond donors (Lipinski definition) is 2. The molecule has 0 saturated carbocycles. The first-order valence-electron chi connectivity index (χ1n) is 7.26. The Morgan fingerprint density at radius 3 is 2.90 bits per heavy atom. The Morgan fingerprint density at radius 2 is 2.19 bits per heavy atom. The molecule has 2 rings (SSSR count). The van der Waals surface area contributed by atoms with Crippen molar-refractivity contribution < 1.29 is 13.9 Å². The smallest absolute Gasteiger partial charge is 0.269 e. The lowest BCUT2D eigenvalue weighted by molar-refractivity contribution is 0.0763. The number of hydrazine groups is 1. The molecule has 21 heavy (non-hydrogen) atoms. The lowest BCUT2D eigenvalue weighted by atomic mass is 10.1. The highest BCUT2D eigenvalue weighted by Crippen LogP contribution is 2.26. The number of carbonyl (C=O) groups is 1. The van der Waals surface area contributed by atoms with Crippen molar-refractivity contribution in [3.63, 3.8) is 0 Å². The van der Waals surface area contributed by atoms with Crippen LogP contribution in [0.1, 0.15) is 42.8 Å². The molecule has 0 spiro atoms. The summed E-state index contributed by atoms with van der Waals surface area (Å²) in [6.07, 6.45) is 2.26. The number of rotatable bonds is 7. The Labute approximate surface area is 124 Å². The average molecular weight is 290 g/mol. The molecule has 5 heteroatoms. The van der Waals surface area contributed by atoms with E-state index in [4.69, 9.17) is 15.0 Å². The number of amides is 1. The van der Waals surface area contributed by atoms with Crippen molar-refractivity contribution in [2.75, 3.05) is 6.61 Å². The normalized spacial score (nSPS) is 12.5. The van der Waals surface area contributed by atoms with Crippen LogP contribution in [0.3, 0.4) is 0 Å². The summed E-state index contributed by atoms with van der Waals surface area (Å²) in [4.78, 5) is 12.0. The van der Waals surface area contributed by atoms with Crippen LogP contribution in [-0.2, 0) is 11.3 Å². The minimum absolute atomic E-state index is 0.269. The monoisotopic (exact) mass is 290 g/mol. The first-order valence-corrected chi connectivity index (χ1v) is 7.26. The van der Waals surface area contributed by atoms with Crippen molar-refractivity contribution in [3.8, 4) is 0 Å². The fourth-order valence-electron chi connectivity index (χ4n) is 2.45. The second kappa shape index (κ2) is 7.24. The molecule has 1 aromatic carbocycles. The van der Waals surface area contributed by atoms with E-state index >= 15 is 0 Å². The third-order valence-electron chi connectivity index (χ3n) is 3.44. The zero-order chi connectivity index (χ0) is 15.2. The maximum Gasteiger partial charge on any atom is 0.269 e. The lowest BCUT2D eigenvalue weighted by Gasteiger charge is -2.10. The van der Waals surface area contributed by atoms with Crippen molar-refractivity contribution in [1.29, 1.82) is 0 Å². The van der Waals surface area contributed by atoms with E-state index < -0.39 is 0 Å². The predicted octanol–water partition coefficient (Wildman–Crippen LogP) is 2.99. The van der Waals surface area contributed by atoms with Gasteiger partial charge in [-0.15, -0.1) is 0 Å². The molecule has 0 saturated heterocycles. The summed E-state index contributed by atoms with van der Waals surface area (Å²) in [5.74, 6) is 5.90. The topological polar surface area (TPSA) is 77.5 Å². The third kappa shape index (κ3) is 3.62. The van der Waals surface area contributed by atoms with E-state index in [-0.39, 0.29) is 12.5 Å². The van der Waals surface area contributed by atoms with E-state index in [1.807, 2.05) is 24.3 Å². The second-order valence-corrected chi connectivity index (χ2v) is 5.28. The molecule has 0 fully saturated rings. The summed E-state index contributed by atoms with van der Waals surface area (Å²) in [5.41, 5.74) is 3.28. The van der Waals surface area contributed by atoms with Gasteiger partial charge in [-0.1, -0.05) is 38.5 Å². The van der Waals surface area contributed by atoms with E-state index in [1.165, 1.54) is 0 Å². The van der Waals surface area contributed by atoms with Crippen molar-refractivity contribution in [1.82, 2.24) is 5.43 Å². The molecule has 5 nitrogen and oxygen atoms in total. The molecular weight excluding hydrogens is 268 g/mol. The highest BCUT2D eigenvalue weighted by atomic mass is 16.5. The molecule has 1 atom stereocenters. The molecule has 0 aliphatic heterocycles. The summed E-state index contributed by atoms with van der Waals surface area (Å²) < 4.78 is 11.4. The molecule has 0 radical (unpaired) electrons. The number of carbonyl (C=O) groups excluding carboxylic acids is 1. The van der Waals surface area contributed by atoms with Gasteiger partial charge in [-0.3, -0.25) is 10.2 Å². The minimum atomic E-state index is -0.361. The van der Waals surface area contributed by atoms with E-state index in [2.05, 4.69) is 19.3 Å². The van der Waals surface area contributed by atoms with Gasteiger partial charge in [-0.05, 0) is 18.4 Å². The average Bonchev–Trinajstić information content (AvgIpc) is 2.85. The van der Waals surface area contributed by atoms with Crippen LogP contribution < -0.4 is 11.3 Å². The zero-order valence-corrected chi connectivity index (χ0v) is 12.5. The number of ether oxygens (including phenoxy) is 1. The van der Waals surface area contributed by atoms with Crippen LogP contribution in [0.2, 0.25) is 0 Å². The van der Waals surface area contributed by atoms with Crippen LogP contribution in [0, 0.1) is 5.92 Å². The molecule has 1 amide bonds. The predicted molar refractivity (Wildman–Crippen MR) is 81.6 cm³/mol. The van der Waals surface area contributed by atoms with Gasteiger partial charge in [0.15, 0.2) is 0 Å². The van der Waals surface area contributed by atoms with Gasteiger partial charge < -0.3 is 9.15 Å². The fraction of sp³-hybridized carbons (Fsp3) is 0.438. The SMILES string of the molecule is CCCC(C)COCc1oc2ccccc2c1C(=O)NN. The molecule has 114 valence electrons. The summed E-state index contributed by atoms with van der Waals surface area (Å²) in [6, 6.07) is 7.39. The summed E-state index contributed by atoms with van der Waals surface area (Å²) in [6.45, 7) is 5.22. The number of nitrogens with one attached hydrogen (secondary N) is 1. The summed E-state index contributed by atoms with van der Waals surface area (Å²) in [7, 11) is 0. The van der Waals surface area contributed by atoms with E-state index in [9.17, 15) is 4.79 Å². The number of para-hydroxylation sites is 1. The van der Waals surface area contributed by atoms with Gasteiger partial charge in [0, 0.05) is 12.0 Å². The van der Waals surface area contributed by atoms with Gasteiger partial charge in [0.2, 0.25) is 0 Å². The van der Waals surface area contributed by atoms with Gasteiger partial charge in [0.25, 0.3) is 5.91 Å². The molecule has 3 N–H and O–H groups in total. The number of hydrogen-bond acceptors (Lipinski definition) is 4. The van der Waals surface area contributed by atoms with Gasteiger partial charge in [0.1, 0.15) is 18.0 Å². The maximum absolute atomic E-state index is 12.0. The van der Waals surface area contributed by atoms with Crippen molar-refractivity contribution in [3.05, 3.63) is 35.6 Å². The second-order valence-electron chi connectivity index (χ2n) is 5.28. The van der Waals surface area contributed by atoms with Gasteiger partial charge in [0.05, 0.1) is 5.56 Å². The van der Waals surface area contributed by atoms with Crippen LogP contribution in [0.15, 0.2) is 28.7 Å². The van der Waals surface area contributed by atoms with Gasteiger partial charge in [-0.2, -0.15) is 0 Å². The van der Waals surface area contributed by atoms with Crippen molar-refractivity contribution in [2.24, 2.45) is 11.8 Å². The summed E-state index contributed by atoms with van der Waals surface area (Å²) >= 11 is 0. The van der Waals surface area contributed by atoms with Crippen LogP contribution in [0.25, 0.3) is 11.0 Å². The van der Waals surface area contributed by atoms with Gasteiger partial charge in [-0.25, -0.2) is 5.84 Å². The van der Waals surface area contributed by atoms with Crippen molar-refractivity contribution >= 4 is 16.9 Å². The Bertz CT molecular complexity index is 607. The molecule has 0 aliphatic carbocycles. The van der Waals surface area contributed by atoms with Crippen LogP contribution in [0.4, 0.5) is 0 Å². The highest BCUT2D eigenvalue weighted by Gasteiger charge is 2.20. The zero-order valence-electron chi connectivity index (χ0n) is 12.5. The first kappa shape index (κ1) is 15.5. The Morgan fingerprint density at radius 1 is 1.43 bits per heavy atom. The molecule has 1 heterocycles. The fourth-order valence-corrected chi connectivity index (χ4v) is 2.45. The van der Waals surface area contributed by atoms with Gasteiger partial charge >= 0.3 is 0 Å². The molecule has 1 unspecified atom stereocenters.